The molecule has 0 radical (unpaired) electrons. The van der Waals surface area contributed by atoms with Crippen LogP contribution in [0.5, 0.6) is 0 Å². The summed E-state index contributed by atoms with van der Waals surface area (Å²) in [4.78, 5) is 0. The van der Waals surface area contributed by atoms with Crippen molar-refractivity contribution in [1.29, 1.82) is 0 Å². The zero-order valence-corrected chi connectivity index (χ0v) is 10.6. The molecule has 78 valence electrons. The second kappa shape index (κ2) is 4.55. The highest BCUT2D eigenvalue weighted by molar-refractivity contribution is 9.10. The minimum atomic E-state index is 0.914. The Labute approximate surface area is 104 Å². The lowest BCUT2D eigenvalue weighted by molar-refractivity contribution is 1.42. The first-order chi connectivity index (χ1) is 7.72. The molecule has 0 saturated heterocycles. The molecule has 2 aromatic rings. The van der Waals surface area contributed by atoms with Crippen molar-refractivity contribution in [2.45, 2.75) is 6.92 Å². The Morgan fingerprint density at radius 2 is 1.88 bits per heavy atom. The van der Waals surface area contributed by atoms with Gasteiger partial charge in [0, 0.05) is 10.0 Å². The Kier molecular flexibility index (Phi) is 3.12. The molecule has 16 heavy (non-hydrogen) atoms. The van der Waals surface area contributed by atoms with E-state index < -0.39 is 0 Å². The van der Waals surface area contributed by atoms with Crippen molar-refractivity contribution < 1.29 is 0 Å². The predicted octanol–water partition coefficient (Wildman–Crippen LogP) is 4.41. The van der Waals surface area contributed by atoms with Crippen molar-refractivity contribution in [3.8, 4) is 23.5 Å². The summed E-state index contributed by atoms with van der Waals surface area (Å²) in [6.45, 7) is 2.10. The van der Waals surface area contributed by atoms with Crippen LogP contribution in [0.1, 0.15) is 11.1 Å². The summed E-state index contributed by atoms with van der Waals surface area (Å²) in [6, 6.07) is 14.2. The zero-order chi connectivity index (χ0) is 11.5. The van der Waals surface area contributed by atoms with E-state index in [4.69, 9.17) is 6.42 Å². The van der Waals surface area contributed by atoms with Gasteiger partial charge in [-0.2, -0.15) is 0 Å². The van der Waals surface area contributed by atoms with Crippen LogP contribution in [0.4, 0.5) is 0 Å². The summed E-state index contributed by atoms with van der Waals surface area (Å²) >= 11 is 3.54. The first kappa shape index (κ1) is 11.0. The SMILES string of the molecule is C#Cc1cccc(-c2cccc(Br)c2C)c1. The normalized spacial score (nSPS) is 9.81. The van der Waals surface area contributed by atoms with Crippen LogP contribution in [0.25, 0.3) is 11.1 Å². The highest BCUT2D eigenvalue weighted by Crippen LogP contribution is 2.28. The highest BCUT2D eigenvalue weighted by Gasteiger charge is 2.04. The van der Waals surface area contributed by atoms with Crippen LogP contribution < -0.4 is 0 Å². The fraction of sp³-hybridized carbons (Fsp3) is 0.0667. The molecule has 0 aliphatic heterocycles. The number of hydrogen-bond acceptors (Lipinski definition) is 0. The fourth-order valence-electron chi connectivity index (χ4n) is 1.70. The maximum Gasteiger partial charge on any atom is 0.0248 e. The third kappa shape index (κ3) is 2.03. The summed E-state index contributed by atoms with van der Waals surface area (Å²) in [6.07, 6.45) is 5.41. The summed E-state index contributed by atoms with van der Waals surface area (Å²) in [5.74, 6) is 2.66. The van der Waals surface area contributed by atoms with E-state index in [1.807, 2.05) is 30.3 Å². The first-order valence-electron chi connectivity index (χ1n) is 5.04. The molecule has 0 aliphatic rings. The summed E-state index contributed by atoms with van der Waals surface area (Å²) in [5, 5.41) is 0. The third-order valence-electron chi connectivity index (χ3n) is 2.61. The molecule has 0 bridgehead atoms. The van der Waals surface area contributed by atoms with Crippen LogP contribution in [0.15, 0.2) is 46.9 Å². The number of terminal acetylenes is 1. The van der Waals surface area contributed by atoms with Gasteiger partial charge >= 0.3 is 0 Å². The third-order valence-corrected chi connectivity index (χ3v) is 3.47. The van der Waals surface area contributed by atoms with E-state index in [1.165, 1.54) is 11.1 Å². The molecule has 0 saturated carbocycles. The molecule has 0 aromatic heterocycles. The van der Waals surface area contributed by atoms with Gasteiger partial charge in [-0.3, -0.25) is 0 Å². The quantitative estimate of drug-likeness (QED) is 0.674. The molecule has 0 heterocycles. The van der Waals surface area contributed by atoms with Gasteiger partial charge in [0.25, 0.3) is 0 Å². The van der Waals surface area contributed by atoms with Gasteiger partial charge in [0.1, 0.15) is 0 Å². The van der Waals surface area contributed by atoms with Crippen molar-refractivity contribution in [2.24, 2.45) is 0 Å². The molecule has 0 atom stereocenters. The molecular formula is C15H11Br. The Balaban J connectivity index is 2.59. The Morgan fingerprint density at radius 3 is 2.62 bits per heavy atom. The number of halogens is 1. The maximum atomic E-state index is 5.41. The van der Waals surface area contributed by atoms with E-state index in [9.17, 15) is 0 Å². The topological polar surface area (TPSA) is 0 Å². The van der Waals surface area contributed by atoms with Gasteiger partial charge in [-0.15, -0.1) is 6.42 Å². The molecular weight excluding hydrogens is 260 g/mol. The van der Waals surface area contributed by atoms with E-state index in [2.05, 4.69) is 40.9 Å². The Bertz CT molecular complexity index is 562. The lowest BCUT2D eigenvalue weighted by Crippen LogP contribution is -1.85. The number of rotatable bonds is 1. The van der Waals surface area contributed by atoms with Crippen molar-refractivity contribution in [3.63, 3.8) is 0 Å². The van der Waals surface area contributed by atoms with E-state index in [0.29, 0.717) is 0 Å². The maximum absolute atomic E-state index is 5.41. The largest absolute Gasteiger partial charge is 0.115 e. The van der Waals surface area contributed by atoms with Crippen molar-refractivity contribution >= 4 is 15.9 Å². The van der Waals surface area contributed by atoms with Crippen LogP contribution in [-0.2, 0) is 0 Å². The monoisotopic (exact) mass is 270 g/mol. The minimum absolute atomic E-state index is 0.914. The molecule has 0 fully saturated rings. The highest BCUT2D eigenvalue weighted by atomic mass is 79.9. The van der Waals surface area contributed by atoms with Gasteiger partial charge in [0.15, 0.2) is 0 Å². The summed E-state index contributed by atoms with van der Waals surface area (Å²) in [7, 11) is 0. The van der Waals surface area contributed by atoms with E-state index >= 15 is 0 Å². The second-order valence-electron chi connectivity index (χ2n) is 3.64. The van der Waals surface area contributed by atoms with Crippen molar-refractivity contribution in [2.75, 3.05) is 0 Å². The first-order valence-corrected chi connectivity index (χ1v) is 5.84. The summed E-state index contributed by atoms with van der Waals surface area (Å²) in [5.41, 5.74) is 4.52. The van der Waals surface area contributed by atoms with Crippen LogP contribution >= 0.6 is 15.9 Å². The molecule has 2 rings (SSSR count). The average molecular weight is 271 g/mol. The summed E-state index contributed by atoms with van der Waals surface area (Å²) < 4.78 is 1.12. The van der Waals surface area contributed by atoms with Crippen LogP contribution in [0, 0.1) is 19.3 Å². The molecule has 0 unspecified atom stereocenters. The van der Waals surface area contributed by atoms with Crippen LogP contribution in [0.3, 0.4) is 0 Å². The smallest absolute Gasteiger partial charge is 0.0248 e. The predicted molar refractivity (Wildman–Crippen MR) is 72.3 cm³/mol. The van der Waals surface area contributed by atoms with Gasteiger partial charge in [-0.25, -0.2) is 0 Å². The molecule has 1 heteroatoms. The molecule has 0 N–H and O–H groups in total. The van der Waals surface area contributed by atoms with Crippen LogP contribution in [0.2, 0.25) is 0 Å². The zero-order valence-electron chi connectivity index (χ0n) is 9.00. The second-order valence-corrected chi connectivity index (χ2v) is 4.49. The van der Waals surface area contributed by atoms with Gasteiger partial charge in [-0.05, 0) is 41.8 Å². The van der Waals surface area contributed by atoms with Crippen molar-refractivity contribution in [1.82, 2.24) is 0 Å². The Hall–Kier alpha value is -1.52. The molecule has 0 aliphatic carbocycles. The fourth-order valence-corrected chi connectivity index (χ4v) is 2.06. The minimum Gasteiger partial charge on any atom is -0.115 e. The van der Waals surface area contributed by atoms with Gasteiger partial charge in [0.05, 0.1) is 0 Å². The standard InChI is InChI=1S/C15H11Br/c1-3-12-6-4-7-13(10-12)14-8-5-9-15(16)11(14)2/h1,4-10H,2H3. The van der Waals surface area contributed by atoms with Gasteiger partial charge < -0.3 is 0 Å². The van der Waals surface area contributed by atoms with E-state index in [0.717, 1.165) is 15.6 Å². The molecule has 0 amide bonds. The van der Waals surface area contributed by atoms with Gasteiger partial charge in [-0.1, -0.05) is 46.1 Å². The lowest BCUT2D eigenvalue weighted by atomic mass is 9.99. The number of benzene rings is 2. The molecule has 2 aromatic carbocycles. The van der Waals surface area contributed by atoms with Crippen molar-refractivity contribution in [3.05, 3.63) is 58.1 Å². The van der Waals surface area contributed by atoms with Crippen LogP contribution in [-0.4, -0.2) is 0 Å². The van der Waals surface area contributed by atoms with Gasteiger partial charge in [0.2, 0.25) is 0 Å². The average Bonchev–Trinajstić information content (AvgIpc) is 2.33. The number of hydrogen-bond donors (Lipinski definition) is 0. The Morgan fingerprint density at radius 1 is 1.12 bits per heavy atom. The molecule has 0 nitrogen and oxygen atoms in total. The molecule has 0 spiro atoms. The van der Waals surface area contributed by atoms with E-state index in [-0.39, 0.29) is 0 Å². The lowest BCUT2D eigenvalue weighted by Gasteiger charge is -2.08. The van der Waals surface area contributed by atoms with E-state index in [1.54, 1.807) is 0 Å².